The quantitative estimate of drug-likeness (QED) is 0.731. The summed E-state index contributed by atoms with van der Waals surface area (Å²) in [6.45, 7) is 2.79. The number of rotatable bonds is 5. The molecule has 7 nitrogen and oxygen atoms in total. The zero-order valence-electron chi connectivity index (χ0n) is 15.6. The van der Waals surface area contributed by atoms with Gasteiger partial charge in [-0.25, -0.2) is 0 Å². The van der Waals surface area contributed by atoms with E-state index in [1.807, 2.05) is 36.4 Å². The number of carbonyl (C=O) groups is 1. The lowest BCUT2D eigenvalue weighted by atomic mass is 10.1. The van der Waals surface area contributed by atoms with Gasteiger partial charge in [-0.3, -0.25) is 14.3 Å². The predicted octanol–water partition coefficient (Wildman–Crippen LogP) is 1.59. The zero-order chi connectivity index (χ0) is 19.3. The Bertz CT molecular complexity index is 914. The highest BCUT2D eigenvalue weighted by atomic mass is 16.3. The van der Waals surface area contributed by atoms with Gasteiger partial charge in [-0.15, -0.1) is 10.2 Å². The topological polar surface area (TPSA) is 74.5 Å². The van der Waals surface area contributed by atoms with Crippen LogP contribution in [0.15, 0.2) is 67.3 Å². The highest BCUT2D eigenvalue weighted by Gasteiger charge is 2.30. The molecule has 1 amide bonds. The van der Waals surface area contributed by atoms with Gasteiger partial charge in [0.2, 0.25) is 0 Å². The normalized spacial score (nSPS) is 17.6. The third kappa shape index (κ3) is 3.95. The summed E-state index contributed by atoms with van der Waals surface area (Å²) >= 11 is 0. The highest BCUT2D eigenvalue weighted by Crippen LogP contribution is 2.18. The summed E-state index contributed by atoms with van der Waals surface area (Å²) in [6.07, 6.45) is 3.20. The van der Waals surface area contributed by atoms with E-state index >= 15 is 0 Å². The lowest BCUT2D eigenvalue weighted by molar-refractivity contribution is 0.0282. The average Bonchev–Trinajstić information content (AvgIpc) is 3.29. The highest BCUT2D eigenvalue weighted by molar-refractivity contribution is 5.95. The summed E-state index contributed by atoms with van der Waals surface area (Å²) in [4.78, 5) is 17.2. The molecule has 0 radical (unpaired) electrons. The molecule has 1 aromatic heterocycles. The Hall–Kier alpha value is -3.03. The van der Waals surface area contributed by atoms with E-state index in [2.05, 4.69) is 27.2 Å². The molecule has 28 heavy (non-hydrogen) atoms. The number of aliphatic hydroxyl groups is 1. The second kappa shape index (κ2) is 8.33. The molecule has 1 N–H and O–H groups in total. The fraction of sp³-hybridized carbons (Fsp3) is 0.286. The van der Waals surface area contributed by atoms with Crippen molar-refractivity contribution < 1.29 is 9.90 Å². The van der Waals surface area contributed by atoms with Crippen LogP contribution in [0.5, 0.6) is 0 Å². The number of aromatic nitrogens is 3. The van der Waals surface area contributed by atoms with Gasteiger partial charge in [-0.05, 0) is 23.8 Å². The molecule has 1 atom stereocenters. The molecule has 0 saturated carbocycles. The third-order valence-electron chi connectivity index (χ3n) is 5.10. The second-order valence-corrected chi connectivity index (χ2v) is 6.98. The Morgan fingerprint density at radius 1 is 1.04 bits per heavy atom. The summed E-state index contributed by atoms with van der Waals surface area (Å²) in [5.74, 6) is -0.0617. The number of nitrogens with zero attached hydrogens (tertiary/aromatic N) is 5. The van der Waals surface area contributed by atoms with E-state index in [9.17, 15) is 9.90 Å². The maximum atomic E-state index is 13.1. The summed E-state index contributed by atoms with van der Waals surface area (Å²) in [6, 6.07) is 17.4. The van der Waals surface area contributed by atoms with Crippen LogP contribution in [0.2, 0.25) is 0 Å². The van der Waals surface area contributed by atoms with E-state index in [1.54, 1.807) is 28.2 Å². The third-order valence-corrected chi connectivity index (χ3v) is 5.10. The zero-order valence-corrected chi connectivity index (χ0v) is 15.6. The van der Waals surface area contributed by atoms with Crippen LogP contribution in [0.4, 0.5) is 0 Å². The van der Waals surface area contributed by atoms with Crippen LogP contribution in [0.25, 0.3) is 5.69 Å². The van der Waals surface area contributed by atoms with Crippen LogP contribution >= 0.6 is 0 Å². The molecular weight excluding hydrogens is 354 g/mol. The molecule has 4 rings (SSSR count). The number of benzene rings is 2. The predicted molar refractivity (Wildman–Crippen MR) is 105 cm³/mol. The van der Waals surface area contributed by atoms with Gasteiger partial charge in [-0.2, -0.15) is 0 Å². The maximum absolute atomic E-state index is 13.1. The van der Waals surface area contributed by atoms with Crippen molar-refractivity contribution in [1.82, 2.24) is 24.6 Å². The molecule has 1 aliphatic heterocycles. The van der Waals surface area contributed by atoms with Crippen molar-refractivity contribution in [3.63, 3.8) is 0 Å². The van der Waals surface area contributed by atoms with E-state index in [-0.39, 0.29) is 18.6 Å². The van der Waals surface area contributed by atoms with Crippen LogP contribution in [-0.4, -0.2) is 67.9 Å². The monoisotopic (exact) mass is 377 g/mol. The van der Waals surface area contributed by atoms with Gasteiger partial charge < -0.3 is 10.0 Å². The van der Waals surface area contributed by atoms with Gasteiger partial charge in [-0.1, -0.05) is 36.4 Å². The first-order valence-electron chi connectivity index (χ1n) is 9.38. The van der Waals surface area contributed by atoms with Gasteiger partial charge in [0.15, 0.2) is 0 Å². The van der Waals surface area contributed by atoms with Crippen LogP contribution in [-0.2, 0) is 6.54 Å². The molecule has 2 aromatic carbocycles. The number of aliphatic hydroxyl groups excluding tert-OH is 1. The summed E-state index contributed by atoms with van der Waals surface area (Å²) in [7, 11) is 0. The molecule has 0 spiro atoms. The van der Waals surface area contributed by atoms with E-state index in [4.69, 9.17) is 0 Å². The Kier molecular flexibility index (Phi) is 5.45. The van der Waals surface area contributed by atoms with Gasteiger partial charge in [0, 0.05) is 37.4 Å². The Morgan fingerprint density at radius 2 is 1.82 bits per heavy atom. The van der Waals surface area contributed by atoms with Gasteiger partial charge in [0.05, 0.1) is 12.6 Å². The smallest absolute Gasteiger partial charge is 0.254 e. The van der Waals surface area contributed by atoms with Crippen molar-refractivity contribution in [3.8, 4) is 5.69 Å². The van der Waals surface area contributed by atoms with Crippen molar-refractivity contribution in [1.29, 1.82) is 0 Å². The average molecular weight is 377 g/mol. The van der Waals surface area contributed by atoms with Crippen molar-refractivity contribution in [2.24, 2.45) is 0 Å². The second-order valence-electron chi connectivity index (χ2n) is 6.98. The number of piperazine rings is 1. The molecule has 1 fully saturated rings. The summed E-state index contributed by atoms with van der Waals surface area (Å²) in [5.41, 5.74) is 2.67. The minimum absolute atomic E-state index is 0.0534. The molecule has 7 heteroatoms. The first kappa shape index (κ1) is 18.3. The number of carbonyl (C=O) groups excluding carboxylic acids is 1. The lowest BCUT2D eigenvalue weighted by Crippen LogP contribution is -2.56. The van der Waals surface area contributed by atoms with Gasteiger partial charge in [0.1, 0.15) is 12.7 Å². The molecule has 1 aliphatic rings. The van der Waals surface area contributed by atoms with Gasteiger partial charge >= 0.3 is 0 Å². The SMILES string of the molecule is O=C(c1cccc(-n2cnnc2)c1)N1CCN(Cc2ccccc2)CC1CO. The largest absolute Gasteiger partial charge is 0.394 e. The summed E-state index contributed by atoms with van der Waals surface area (Å²) < 4.78 is 1.76. The molecule has 2 heterocycles. The Labute approximate surface area is 163 Å². The fourth-order valence-corrected chi connectivity index (χ4v) is 3.63. The first-order chi connectivity index (χ1) is 13.7. The number of amides is 1. The summed E-state index contributed by atoms with van der Waals surface area (Å²) in [5, 5.41) is 17.5. The number of hydrogen-bond acceptors (Lipinski definition) is 5. The molecule has 0 bridgehead atoms. The molecule has 144 valence electrons. The molecule has 1 unspecified atom stereocenters. The van der Waals surface area contributed by atoms with Crippen molar-refractivity contribution in [3.05, 3.63) is 78.4 Å². The minimum Gasteiger partial charge on any atom is -0.394 e. The van der Waals surface area contributed by atoms with E-state index in [0.29, 0.717) is 18.7 Å². The van der Waals surface area contributed by atoms with Crippen LogP contribution in [0, 0.1) is 0 Å². The van der Waals surface area contributed by atoms with Crippen LogP contribution in [0.1, 0.15) is 15.9 Å². The van der Waals surface area contributed by atoms with Crippen LogP contribution in [0.3, 0.4) is 0 Å². The molecule has 3 aromatic rings. The van der Waals surface area contributed by atoms with Crippen LogP contribution < -0.4 is 0 Å². The minimum atomic E-state index is -0.219. The van der Waals surface area contributed by atoms with Gasteiger partial charge in [0.25, 0.3) is 5.91 Å². The van der Waals surface area contributed by atoms with Crippen molar-refractivity contribution >= 4 is 5.91 Å². The lowest BCUT2D eigenvalue weighted by Gasteiger charge is -2.40. The van der Waals surface area contributed by atoms with E-state index in [1.165, 1.54) is 5.56 Å². The number of hydrogen-bond donors (Lipinski definition) is 1. The molecule has 0 aliphatic carbocycles. The Balaban J connectivity index is 1.47. The Morgan fingerprint density at radius 3 is 2.57 bits per heavy atom. The van der Waals surface area contributed by atoms with Crippen molar-refractivity contribution in [2.45, 2.75) is 12.6 Å². The van der Waals surface area contributed by atoms with Crippen molar-refractivity contribution in [2.75, 3.05) is 26.2 Å². The van der Waals surface area contributed by atoms with E-state index in [0.717, 1.165) is 18.8 Å². The molecule has 1 saturated heterocycles. The standard InChI is InChI=1S/C21H23N5O2/c27-14-20-13-24(12-17-5-2-1-3-6-17)9-10-26(20)21(28)18-7-4-8-19(11-18)25-15-22-23-16-25/h1-8,11,15-16,20,27H,9-10,12-14H2. The maximum Gasteiger partial charge on any atom is 0.254 e. The first-order valence-corrected chi connectivity index (χ1v) is 9.38. The fourth-order valence-electron chi connectivity index (χ4n) is 3.63. The molecular formula is C21H23N5O2. The van der Waals surface area contributed by atoms with E-state index < -0.39 is 0 Å².